The average Bonchev–Trinajstić information content (AvgIpc) is 3.31. The summed E-state index contributed by atoms with van der Waals surface area (Å²) in [6.45, 7) is 4.77. The summed E-state index contributed by atoms with van der Waals surface area (Å²) in [7, 11) is 0. The highest BCUT2D eigenvalue weighted by Crippen LogP contribution is 2.31. The van der Waals surface area contributed by atoms with Gasteiger partial charge in [-0.3, -0.25) is 4.79 Å². The van der Waals surface area contributed by atoms with Gasteiger partial charge < -0.3 is 21.3 Å². The molecule has 2 aromatic heterocycles. The Kier molecular flexibility index (Phi) is 5.50. The molecule has 1 aromatic carbocycles. The van der Waals surface area contributed by atoms with E-state index in [-0.39, 0.29) is 5.91 Å². The van der Waals surface area contributed by atoms with Gasteiger partial charge in [0.2, 0.25) is 0 Å². The lowest BCUT2D eigenvalue weighted by atomic mass is 10.1. The Morgan fingerprint density at radius 2 is 2.00 bits per heavy atom. The number of nitrogens with one attached hydrogen (secondary N) is 2. The minimum Gasteiger partial charge on any atom is -0.396 e. The number of hydrogen-bond acceptors (Lipinski definition) is 7. The number of nitrogen functional groups attached to an aromatic ring is 1. The number of rotatable bonds is 6. The van der Waals surface area contributed by atoms with E-state index in [0.717, 1.165) is 36.5 Å². The van der Waals surface area contributed by atoms with Crippen molar-refractivity contribution < 1.29 is 4.79 Å². The predicted octanol–water partition coefficient (Wildman–Crippen LogP) is 2.75. The van der Waals surface area contributed by atoms with Gasteiger partial charge in [-0.15, -0.1) is 11.3 Å². The van der Waals surface area contributed by atoms with Crippen LogP contribution in [0.2, 0.25) is 0 Å². The van der Waals surface area contributed by atoms with Gasteiger partial charge in [0.25, 0.3) is 5.91 Å². The molecule has 7 nitrogen and oxygen atoms in total. The van der Waals surface area contributed by atoms with Crippen molar-refractivity contribution in [3.8, 4) is 0 Å². The zero-order chi connectivity index (χ0) is 21.4. The zero-order valence-electron chi connectivity index (χ0n) is 17.7. The maximum absolute atomic E-state index is 12.7. The second kappa shape index (κ2) is 8.43. The van der Waals surface area contributed by atoms with Gasteiger partial charge in [-0.25, -0.2) is 9.97 Å². The average molecular weight is 437 g/mol. The van der Waals surface area contributed by atoms with Crippen molar-refractivity contribution in [1.29, 1.82) is 0 Å². The van der Waals surface area contributed by atoms with E-state index in [0.29, 0.717) is 34.7 Å². The van der Waals surface area contributed by atoms with Crippen molar-refractivity contribution in [3.05, 3.63) is 46.6 Å². The number of aryl methyl sites for hydroxylation is 1. The normalized spacial score (nSPS) is 20.4. The molecule has 4 N–H and O–H groups in total. The lowest BCUT2D eigenvalue weighted by molar-refractivity contribution is 0.0959. The first-order valence-corrected chi connectivity index (χ1v) is 11.8. The summed E-state index contributed by atoms with van der Waals surface area (Å²) in [5.41, 5.74) is 10.6. The van der Waals surface area contributed by atoms with Crippen molar-refractivity contribution in [3.63, 3.8) is 0 Å². The summed E-state index contributed by atoms with van der Waals surface area (Å²) >= 11 is 1.31. The van der Waals surface area contributed by atoms with Crippen LogP contribution in [0.15, 0.2) is 30.5 Å². The molecule has 3 aromatic rings. The van der Waals surface area contributed by atoms with Crippen molar-refractivity contribution in [2.24, 2.45) is 0 Å². The molecule has 0 radical (unpaired) electrons. The second-order valence-corrected chi connectivity index (χ2v) is 9.43. The largest absolute Gasteiger partial charge is 0.396 e. The molecule has 162 valence electrons. The van der Waals surface area contributed by atoms with Crippen LogP contribution in [0, 0.1) is 0 Å². The predicted molar refractivity (Wildman–Crippen MR) is 126 cm³/mol. The summed E-state index contributed by atoms with van der Waals surface area (Å²) in [4.78, 5) is 25.3. The minimum atomic E-state index is -0.159. The quantitative estimate of drug-likeness (QED) is 0.550. The van der Waals surface area contributed by atoms with Crippen molar-refractivity contribution in [2.45, 2.75) is 44.7 Å². The molecule has 8 heteroatoms. The highest BCUT2D eigenvalue weighted by molar-refractivity contribution is 7.21. The number of aromatic nitrogens is 2. The second-order valence-electron chi connectivity index (χ2n) is 8.43. The van der Waals surface area contributed by atoms with Gasteiger partial charge in [0.15, 0.2) is 0 Å². The maximum atomic E-state index is 12.7. The van der Waals surface area contributed by atoms with Crippen LogP contribution in [0.5, 0.6) is 0 Å². The lowest BCUT2D eigenvalue weighted by Gasteiger charge is -2.34. The Balaban J connectivity index is 1.18. The molecule has 2 unspecified atom stereocenters. The van der Waals surface area contributed by atoms with Crippen LogP contribution in [0.4, 0.5) is 11.4 Å². The molecule has 1 amide bonds. The molecule has 0 saturated carbocycles. The number of anilines is 2. The highest BCUT2D eigenvalue weighted by atomic mass is 32.1. The molecule has 2 saturated heterocycles. The van der Waals surface area contributed by atoms with Gasteiger partial charge in [-0.2, -0.15) is 0 Å². The molecule has 5 rings (SSSR count). The Hall–Kier alpha value is -2.71. The molecular weight excluding hydrogens is 408 g/mol. The molecule has 2 aliphatic rings. The van der Waals surface area contributed by atoms with Crippen LogP contribution in [0.1, 0.15) is 40.7 Å². The Labute approximate surface area is 186 Å². The van der Waals surface area contributed by atoms with Crippen molar-refractivity contribution in [2.75, 3.05) is 30.3 Å². The molecule has 2 aliphatic heterocycles. The standard InChI is InChI=1S/C23H28N6OS/c1-2-15-11-26-20-19(24)21(31-23(20)28-15)22(30)25-10-9-14-3-7-18(8-4-14)29-12-16-5-6-17(13-29)27-16/h3-4,7-8,11,16-17,27H,2,5-6,9-10,12-13,24H2,1H3,(H,25,30). The first kappa shape index (κ1) is 20.2. The van der Waals surface area contributed by atoms with Gasteiger partial charge in [-0.05, 0) is 43.4 Å². The lowest BCUT2D eigenvalue weighted by Crippen LogP contribution is -2.51. The van der Waals surface area contributed by atoms with Gasteiger partial charge in [0.05, 0.1) is 11.4 Å². The number of piperazine rings is 1. The molecular formula is C23H28N6OS. The minimum absolute atomic E-state index is 0.159. The van der Waals surface area contributed by atoms with Crippen molar-refractivity contribution in [1.82, 2.24) is 20.6 Å². The van der Waals surface area contributed by atoms with Crippen molar-refractivity contribution >= 4 is 39.0 Å². The number of nitrogens with two attached hydrogens (primary N) is 1. The van der Waals surface area contributed by atoms with Crippen LogP contribution >= 0.6 is 11.3 Å². The Morgan fingerprint density at radius 1 is 1.26 bits per heavy atom. The number of thiophene rings is 1. The number of carbonyl (C=O) groups excluding carboxylic acids is 1. The van der Waals surface area contributed by atoms with E-state index in [2.05, 4.69) is 49.8 Å². The van der Waals surface area contributed by atoms with E-state index in [9.17, 15) is 4.79 Å². The third-order valence-electron chi connectivity index (χ3n) is 6.27. The first-order chi connectivity index (χ1) is 15.1. The van der Waals surface area contributed by atoms with Gasteiger partial charge in [-0.1, -0.05) is 19.1 Å². The monoisotopic (exact) mass is 436 g/mol. The number of amides is 1. The smallest absolute Gasteiger partial charge is 0.263 e. The fraction of sp³-hybridized carbons (Fsp3) is 0.435. The third-order valence-corrected chi connectivity index (χ3v) is 7.36. The van der Waals surface area contributed by atoms with Crippen LogP contribution in [-0.2, 0) is 12.8 Å². The number of nitrogens with zero attached hydrogens (tertiary/aromatic N) is 3. The fourth-order valence-electron chi connectivity index (χ4n) is 4.54. The van der Waals surface area contributed by atoms with Crippen LogP contribution in [-0.4, -0.2) is 47.6 Å². The van der Waals surface area contributed by atoms with E-state index in [4.69, 9.17) is 5.73 Å². The van der Waals surface area contributed by atoms with E-state index < -0.39 is 0 Å². The van der Waals surface area contributed by atoms with Crippen LogP contribution in [0.25, 0.3) is 10.3 Å². The highest BCUT2D eigenvalue weighted by Gasteiger charge is 2.32. The summed E-state index contributed by atoms with van der Waals surface area (Å²) < 4.78 is 0. The Morgan fingerprint density at radius 3 is 2.71 bits per heavy atom. The van der Waals surface area contributed by atoms with Gasteiger partial charge in [0, 0.05) is 43.6 Å². The molecule has 2 fully saturated rings. The summed E-state index contributed by atoms with van der Waals surface area (Å²) in [5, 5.41) is 6.67. The number of fused-ring (bicyclic) bond motifs is 3. The van der Waals surface area contributed by atoms with Gasteiger partial charge in [0.1, 0.15) is 15.2 Å². The zero-order valence-corrected chi connectivity index (χ0v) is 18.5. The molecule has 4 heterocycles. The van der Waals surface area contributed by atoms with Crippen LogP contribution in [0.3, 0.4) is 0 Å². The van der Waals surface area contributed by atoms with Crippen LogP contribution < -0.4 is 21.3 Å². The van der Waals surface area contributed by atoms with E-state index in [1.165, 1.54) is 35.4 Å². The number of benzene rings is 1. The van der Waals surface area contributed by atoms with E-state index >= 15 is 0 Å². The summed E-state index contributed by atoms with van der Waals surface area (Å²) in [6, 6.07) is 10.0. The first-order valence-electron chi connectivity index (χ1n) is 11.0. The number of hydrogen-bond donors (Lipinski definition) is 3. The van der Waals surface area contributed by atoms with Gasteiger partial charge >= 0.3 is 0 Å². The maximum Gasteiger partial charge on any atom is 0.263 e. The molecule has 0 spiro atoms. The molecule has 2 bridgehead atoms. The summed E-state index contributed by atoms with van der Waals surface area (Å²) in [6.07, 6.45) is 5.88. The summed E-state index contributed by atoms with van der Waals surface area (Å²) in [5.74, 6) is -0.159. The fourth-order valence-corrected chi connectivity index (χ4v) is 5.53. The molecule has 31 heavy (non-hydrogen) atoms. The SMILES string of the molecule is CCc1cnc2c(N)c(C(=O)NCCc3ccc(N4CC5CCC(C4)N5)cc3)sc2n1. The van der Waals surface area contributed by atoms with E-state index in [1.807, 2.05) is 6.92 Å². The molecule has 2 atom stereocenters. The number of carbonyl (C=O) groups is 1. The third kappa shape index (κ3) is 4.09. The molecule has 0 aliphatic carbocycles. The van der Waals surface area contributed by atoms with E-state index in [1.54, 1.807) is 6.20 Å². The Bertz CT molecular complexity index is 1080. The topological polar surface area (TPSA) is 96.2 Å².